The predicted octanol–water partition coefficient (Wildman–Crippen LogP) is 2.67. The van der Waals surface area contributed by atoms with Gasteiger partial charge in [-0.25, -0.2) is 0 Å². The second-order valence-corrected chi connectivity index (χ2v) is 8.11. The van der Waals surface area contributed by atoms with Gasteiger partial charge >= 0.3 is 0 Å². The van der Waals surface area contributed by atoms with Crippen LogP contribution in [0, 0.1) is 0 Å². The maximum Gasteiger partial charge on any atom is 0.274 e. The third-order valence-electron chi connectivity index (χ3n) is 5.67. The van der Waals surface area contributed by atoms with Crippen molar-refractivity contribution < 1.29 is 30.6 Å². The van der Waals surface area contributed by atoms with E-state index in [1.165, 1.54) is 44.9 Å². The first-order valence-electron chi connectivity index (χ1n) is 10.5. The van der Waals surface area contributed by atoms with Crippen LogP contribution >= 0.6 is 0 Å². The van der Waals surface area contributed by atoms with E-state index in [4.69, 9.17) is 0 Å². The molecular formula is C20H40O6. The molecule has 0 unspecified atom stereocenters. The topological polar surface area (TPSA) is 121 Å². The molecule has 0 amide bonds. The van der Waals surface area contributed by atoms with Crippen molar-refractivity contribution in [1.82, 2.24) is 0 Å². The van der Waals surface area contributed by atoms with Crippen molar-refractivity contribution in [3.8, 4) is 0 Å². The van der Waals surface area contributed by atoms with Crippen LogP contribution in [-0.2, 0) is 0 Å². The van der Waals surface area contributed by atoms with Crippen molar-refractivity contribution in [3.05, 3.63) is 0 Å². The highest BCUT2D eigenvalue weighted by Gasteiger charge is 2.60. The maximum absolute atomic E-state index is 10.0. The summed E-state index contributed by atoms with van der Waals surface area (Å²) >= 11 is 0. The summed E-state index contributed by atoms with van der Waals surface area (Å²) in [6, 6.07) is 0. The number of aliphatic hydroxyl groups is 6. The lowest BCUT2D eigenvalue weighted by Crippen LogP contribution is -2.68. The largest absolute Gasteiger partial charge is 0.361 e. The quantitative estimate of drug-likeness (QED) is 0.362. The van der Waals surface area contributed by atoms with Gasteiger partial charge in [0.2, 0.25) is 11.6 Å². The predicted molar refractivity (Wildman–Crippen MR) is 100.0 cm³/mol. The lowest BCUT2D eigenvalue weighted by Gasteiger charge is -2.43. The van der Waals surface area contributed by atoms with E-state index in [2.05, 4.69) is 0 Å². The van der Waals surface area contributed by atoms with Crippen LogP contribution < -0.4 is 0 Å². The number of hydrogen-bond donors (Lipinski definition) is 6. The molecule has 1 aliphatic rings. The number of hydrogen-bond acceptors (Lipinski definition) is 6. The molecule has 156 valence electrons. The molecule has 1 fully saturated rings. The van der Waals surface area contributed by atoms with E-state index in [1.54, 1.807) is 0 Å². The van der Waals surface area contributed by atoms with Crippen molar-refractivity contribution in [3.63, 3.8) is 0 Å². The average Bonchev–Trinajstić information content (AvgIpc) is 2.56. The first-order valence-corrected chi connectivity index (χ1v) is 10.5. The van der Waals surface area contributed by atoms with Crippen LogP contribution in [0.25, 0.3) is 0 Å². The highest BCUT2D eigenvalue weighted by molar-refractivity contribution is 4.93. The van der Waals surface area contributed by atoms with Crippen molar-refractivity contribution in [2.75, 3.05) is 0 Å². The van der Waals surface area contributed by atoms with Gasteiger partial charge in [-0.1, -0.05) is 83.5 Å². The standard InChI is InChI=1S/C20H40O6/c21-18(22)16-14-12-10-8-6-4-2-1-3-5-7-9-11-13-15-17-19(23,24)20(18,25)26/h21-26H,1-17H2. The van der Waals surface area contributed by atoms with Gasteiger partial charge in [0, 0.05) is 12.8 Å². The Morgan fingerprint density at radius 2 is 0.500 bits per heavy atom. The van der Waals surface area contributed by atoms with E-state index < -0.39 is 17.4 Å². The highest BCUT2D eigenvalue weighted by atomic mass is 16.7. The molecule has 6 nitrogen and oxygen atoms in total. The fraction of sp³-hybridized carbons (Fsp3) is 1.00. The molecule has 1 saturated carbocycles. The summed E-state index contributed by atoms with van der Waals surface area (Å²) in [5.74, 6) is -9.31. The summed E-state index contributed by atoms with van der Waals surface area (Å²) < 4.78 is 0. The first kappa shape index (κ1) is 23.8. The molecule has 0 aromatic carbocycles. The van der Waals surface area contributed by atoms with Gasteiger partial charge < -0.3 is 30.6 Å². The van der Waals surface area contributed by atoms with Crippen molar-refractivity contribution in [2.45, 2.75) is 127 Å². The fourth-order valence-corrected chi connectivity index (χ4v) is 3.71. The summed E-state index contributed by atoms with van der Waals surface area (Å²) in [7, 11) is 0. The molecule has 1 rings (SSSR count). The van der Waals surface area contributed by atoms with E-state index in [-0.39, 0.29) is 12.8 Å². The molecule has 0 bridgehead atoms. The Balaban J connectivity index is 2.58. The average molecular weight is 377 g/mol. The minimum absolute atomic E-state index is 0.317. The maximum atomic E-state index is 10.0. The molecule has 0 aromatic heterocycles. The molecule has 6 heteroatoms. The van der Waals surface area contributed by atoms with Gasteiger partial charge in [-0.05, 0) is 12.8 Å². The smallest absolute Gasteiger partial charge is 0.274 e. The fourth-order valence-electron chi connectivity index (χ4n) is 3.71. The van der Waals surface area contributed by atoms with Gasteiger partial charge in [-0.2, -0.15) is 0 Å². The molecule has 0 aliphatic heterocycles. The summed E-state index contributed by atoms with van der Waals surface area (Å²) in [6.07, 6.45) is 14.3. The Bertz CT molecular complexity index is 335. The van der Waals surface area contributed by atoms with E-state index >= 15 is 0 Å². The van der Waals surface area contributed by atoms with Crippen LogP contribution in [0.1, 0.15) is 109 Å². The van der Waals surface area contributed by atoms with Gasteiger partial charge in [0.25, 0.3) is 5.79 Å². The summed E-state index contributed by atoms with van der Waals surface area (Å²) in [6.45, 7) is 0. The van der Waals surface area contributed by atoms with Gasteiger partial charge in [-0.3, -0.25) is 0 Å². The second-order valence-electron chi connectivity index (χ2n) is 8.11. The highest BCUT2D eigenvalue weighted by Crippen LogP contribution is 2.35. The SMILES string of the molecule is OC1(O)CCCCCCCCCCCCCCCCCC(O)(O)C1(O)O. The van der Waals surface area contributed by atoms with Crippen LogP contribution in [0.4, 0.5) is 0 Å². The minimum Gasteiger partial charge on any atom is -0.361 e. The van der Waals surface area contributed by atoms with E-state index in [0.29, 0.717) is 12.8 Å². The normalized spacial score (nSPS) is 27.5. The molecule has 0 aromatic rings. The molecular weight excluding hydrogens is 336 g/mol. The number of rotatable bonds is 0. The summed E-state index contributed by atoms with van der Waals surface area (Å²) in [5, 5.41) is 60.2. The monoisotopic (exact) mass is 376 g/mol. The zero-order valence-electron chi connectivity index (χ0n) is 16.2. The van der Waals surface area contributed by atoms with E-state index in [1.807, 2.05) is 0 Å². The Morgan fingerprint density at radius 1 is 0.308 bits per heavy atom. The van der Waals surface area contributed by atoms with Crippen LogP contribution in [0.3, 0.4) is 0 Å². The van der Waals surface area contributed by atoms with Gasteiger partial charge in [0.05, 0.1) is 0 Å². The minimum atomic E-state index is -3.39. The summed E-state index contributed by atoms with van der Waals surface area (Å²) in [4.78, 5) is 0. The lowest BCUT2D eigenvalue weighted by molar-refractivity contribution is -0.454. The van der Waals surface area contributed by atoms with Crippen LogP contribution in [0.15, 0.2) is 0 Å². The van der Waals surface area contributed by atoms with Gasteiger partial charge in [0.15, 0.2) is 0 Å². The van der Waals surface area contributed by atoms with Crippen LogP contribution in [0.2, 0.25) is 0 Å². The molecule has 0 radical (unpaired) electrons. The van der Waals surface area contributed by atoms with Crippen molar-refractivity contribution in [1.29, 1.82) is 0 Å². The molecule has 0 spiro atoms. The molecule has 6 N–H and O–H groups in total. The summed E-state index contributed by atoms with van der Waals surface area (Å²) in [5.41, 5.74) is 0. The van der Waals surface area contributed by atoms with Crippen LogP contribution in [-0.4, -0.2) is 48.0 Å². The zero-order valence-corrected chi connectivity index (χ0v) is 16.2. The van der Waals surface area contributed by atoms with Crippen molar-refractivity contribution in [2.24, 2.45) is 0 Å². The molecule has 26 heavy (non-hydrogen) atoms. The first-order chi connectivity index (χ1) is 12.2. The Morgan fingerprint density at radius 3 is 0.731 bits per heavy atom. The van der Waals surface area contributed by atoms with Crippen LogP contribution in [0.5, 0.6) is 0 Å². The second kappa shape index (κ2) is 11.6. The third-order valence-corrected chi connectivity index (χ3v) is 5.67. The van der Waals surface area contributed by atoms with Gasteiger partial charge in [0.1, 0.15) is 0 Å². The molecule has 0 atom stereocenters. The Hall–Kier alpha value is -0.240. The third kappa shape index (κ3) is 7.79. The Labute approximate surface area is 157 Å². The van der Waals surface area contributed by atoms with E-state index in [0.717, 1.165) is 38.5 Å². The van der Waals surface area contributed by atoms with E-state index in [9.17, 15) is 30.6 Å². The Kier molecular flexibility index (Phi) is 10.6. The lowest BCUT2D eigenvalue weighted by atomic mass is 9.88. The molecule has 1 aliphatic carbocycles. The molecule has 0 saturated heterocycles. The molecule has 0 heterocycles. The zero-order chi connectivity index (χ0) is 19.5. The van der Waals surface area contributed by atoms with Crippen molar-refractivity contribution >= 4 is 0 Å². The van der Waals surface area contributed by atoms with Gasteiger partial charge in [-0.15, -0.1) is 0 Å².